The highest BCUT2D eigenvalue weighted by atomic mass is 32.2. The van der Waals surface area contributed by atoms with Crippen molar-refractivity contribution >= 4 is 29.4 Å². The molecule has 8 heteroatoms. The van der Waals surface area contributed by atoms with Crippen LogP contribution in [-0.4, -0.2) is 46.2 Å². The third-order valence-corrected chi connectivity index (χ3v) is 3.16. The topological polar surface area (TPSA) is 104 Å². The molecule has 0 aliphatic rings. The Hall–Kier alpha value is -1.54. The number of aryl methyl sites for hydroxylation is 1. The molecule has 0 saturated heterocycles. The lowest BCUT2D eigenvalue weighted by molar-refractivity contribution is -0.136. The van der Waals surface area contributed by atoms with E-state index in [2.05, 4.69) is 15.8 Å². The van der Waals surface area contributed by atoms with E-state index in [9.17, 15) is 14.7 Å². The lowest BCUT2D eigenvalue weighted by atomic mass is 10.0. The van der Waals surface area contributed by atoms with Crippen LogP contribution in [0.15, 0.2) is 10.6 Å². The second kappa shape index (κ2) is 7.30. The van der Waals surface area contributed by atoms with E-state index in [1.54, 1.807) is 25.6 Å². The number of rotatable bonds is 6. The first-order valence-electron chi connectivity index (χ1n) is 6.08. The van der Waals surface area contributed by atoms with Gasteiger partial charge in [-0.2, -0.15) is 11.8 Å². The molecule has 7 nitrogen and oxygen atoms in total. The predicted molar refractivity (Wildman–Crippen MR) is 76.5 cm³/mol. The maximum atomic E-state index is 11.6. The molecule has 0 unspecified atom stereocenters. The standard InChI is InChI=1S/C12H19N3O4S/c1-8-6-9(15-19-8)14-11(17)10(16)13-7-12(2,18)4-5-20-3/h6,18H,4-5,7H2,1-3H3,(H,13,16)(H,14,15,17)/t12-/m1/s1. The monoisotopic (exact) mass is 301 g/mol. The summed E-state index contributed by atoms with van der Waals surface area (Å²) >= 11 is 1.60. The molecule has 0 spiro atoms. The van der Waals surface area contributed by atoms with Crippen LogP contribution in [0.4, 0.5) is 5.82 Å². The van der Waals surface area contributed by atoms with Crippen molar-refractivity contribution in [3.8, 4) is 0 Å². The molecule has 1 atom stereocenters. The summed E-state index contributed by atoms with van der Waals surface area (Å²) in [6.07, 6.45) is 2.46. The summed E-state index contributed by atoms with van der Waals surface area (Å²) < 4.78 is 4.76. The molecule has 0 fully saturated rings. The van der Waals surface area contributed by atoms with Crippen LogP contribution in [0, 0.1) is 6.92 Å². The van der Waals surface area contributed by atoms with E-state index in [-0.39, 0.29) is 12.4 Å². The van der Waals surface area contributed by atoms with Crippen molar-refractivity contribution in [2.45, 2.75) is 25.9 Å². The molecule has 0 aromatic carbocycles. The van der Waals surface area contributed by atoms with Gasteiger partial charge in [-0.15, -0.1) is 0 Å². The number of nitrogens with one attached hydrogen (secondary N) is 2. The van der Waals surface area contributed by atoms with E-state index < -0.39 is 17.4 Å². The first kappa shape index (κ1) is 16.5. The number of hydrogen-bond donors (Lipinski definition) is 3. The Morgan fingerprint density at radius 1 is 1.50 bits per heavy atom. The van der Waals surface area contributed by atoms with E-state index >= 15 is 0 Å². The van der Waals surface area contributed by atoms with Crippen LogP contribution in [-0.2, 0) is 9.59 Å². The molecule has 112 valence electrons. The highest BCUT2D eigenvalue weighted by Crippen LogP contribution is 2.11. The van der Waals surface area contributed by atoms with Crippen molar-refractivity contribution in [2.75, 3.05) is 23.9 Å². The van der Waals surface area contributed by atoms with Gasteiger partial charge >= 0.3 is 11.8 Å². The van der Waals surface area contributed by atoms with E-state index in [4.69, 9.17) is 4.52 Å². The predicted octanol–water partition coefficient (Wildman–Crippen LogP) is 0.542. The second-order valence-corrected chi connectivity index (χ2v) is 5.68. The zero-order valence-corrected chi connectivity index (χ0v) is 12.5. The number of carbonyl (C=O) groups is 2. The average molecular weight is 301 g/mol. The highest BCUT2D eigenvalue weighted by Gasteiger charge is 2.23. The van der Waals surface area contributed by atoms with Gasteiger partial charge in [-0.25, -0.2) is 0 Å². The maximum absolute atomic E-state index is 11.6. The van der Waals surface area contributed by atoms with Gasteiger partial charge in [0, 0.05) is 12.6 Å². The van der Waals surface area contributed by atoms with Gasteiger partial charge < -0.3 is 14.9 Å². The number of thioether (sulfide) groups is 1. The van der Waals surface area contributed by atoms with Gasteiger partial charge in [0.25, 0.3) is 0 Å². The van der Waals surface area contributed by atoms with Crippen LogP contribution in [0.5, 0.6) is 0 Å². The first-order valence-corrected chi connectivity index (χ1v) is 7.47. The molecule has 0 aliphatic heterocycles. The number of aromatic nitrogens is 1. The van der Waals surface area contributed by atoms with Crippen molar-refractivity contribution in [1.29, 1.82) is 0 Å². The largest absolute Gasteiger partial charge is 0.388 e. The minimum Gasteiger partial charge on any atom is -0.388 e. The van der Waals surface area contributed by atoms with Gasteiger partial charge in [0.05, 0.1) is 5.60 Å². The fourth-order valence-corrected chi connectivity index (χ4v) is 2.00. The van der Waals surface area contributed by atoms with E-state index in [0.717, 1.165) is 5.75 Å². The molecular formula is C12H19N3O4S. The number of carbonyl (C=O) groups excluding carboxylic acids is 2. The normalized spacial score (nSPS) is 13.6. The lowest BCUT2D eigenvalue weighted by Gasteiger charge is -2.22. The lowest BCUT2D eigenvalue weighted by Crippen LogP contribution is -2.44. The molecule has 3 N–H and O–H groups in total. The summed E-state index contributed by atoms with van der Waals surface area (Å²) in [6, 6.07) is 1.50. The van der Waals surface area contributed by atoms with Gasteiger partial charge in [0.15, 0.2) is 5.82 Å². The van der Waals surface area contributed by atoms with Gasteiger partial charge in [0.2, 0.25) is 0 Å². The Morgan fingerprint density at radius 2 is 2.20 bits per heavy atom. The quantitative estimate of drug-likeness (QED) is 0.663. The number of anilines is 1. The van der Waals surface area contributed by atoms with Crippen molar-refractivity contribution < 1.29 is 19.2 Å². The van der Waals surface area contributed by atoms with Crippen LogP contribution in [0.25, 0.3) is 0 Å². The van der Waals surface area contributed by atoms with Crippen molar-refractivity contribution in [3.63, 3.8) is 0 Å². The van der Waals surface area contributed by atoms with Crippen LogP contribution < -0.4 is 10.6 Å². The molecule has 1 aromatic rings. The van der Waals surface area contributed by atoms with Crippen LogP contribution in [0.3, 0.4) is 0 Å². The Balaban J connectivity index is 2.40. The molecule has 0 bridgehead atoms. The summed E-state index contributed by atoms with van der Waals surface area (Å²) in [6.45, 7) is 3.30. The molecule has 1 rings (SSSR count). The van der Waals surface area contributed by atoms with Gasteiger partial charge in [0.1, 0.15) is 5.76 Å². The van der Waals surface area contributed by atoms with Gasteiger partial charge in [-0.1, -0.05) is 5.16 Å². The Labute approximate surface area is 121 Å². The van der Waals surface area contributed by atoms with E-state index in [1.165, 1.54) is 6.07 Å². The van der Waals surface area contributed by atoms with E-state index in [1.807, 2.05) is 6.26 Å². The SMILES string of the molecule is CSCC[C@@](C)(O)CNC(=O)C(=O)Nc1cc(C)on1. The van der Waals surface area contributed by atoms with Crippen molar-refractivity contribution in [1.82, 2.24) is 10.5 Å². The molecule has 0 aliphatic carbocycles. The summed E-state index contributed by atoms with van der Waals surface area (Å²) in [4.78, 5) is 23.1. The number of nitrogens with zero attached hydrogens (tertiary/aromatic N) is 1. The molecule has 0 saturated carbocycles. The Morgan fingerprint density at radius 3 is 2.75 bits per heavy atom. The zero-order valence-electron chi connectivity index (χ0n) is 11.7. The minimum absolute atomic E-state index is 0.0116. The number of amides is 2. The zero-order chi connectivity index (χ0) is 15.2. The molecule has 0 radical (unpaired) electrons. The first-order chi connectivity index (χ1) is 9.34. The second-order valence-electron chi connectivity index (χ2n) is 4.70. The van der Waals surface area contributed by atoms with Crippen molar-refractivity contribution in [2.24, 2.45) is 0 Å². The third-order valence-electron chi connectivity index (χ3n) is 2.55. The van der Waals surface area contributed by atoms with Crippen molar-refractivity contribution in [3.05, 3.63) is 11.8 Å². The fraction of sp³-hybridized carbons (Fsp3) is 0.583. The van der Waals surface area contributed by atoms with E-state index in [0.29, 0.717) is 12.2 Å². The van der Waals surface area contributed by atoms with Crippen LogP contribution in [0.1, 0.15) is 19.1 Å². The van der Waals surface area contributed by atoms with Gasteiger partial charge in [-0.05, 0) is 32.3 Å². The highest BCUT2D eigenvalue weighted by molar-refractivity contribution is 7.98. The van der Waals surface area contributed by atoms with Crippen LogP contribution in [0.2, 0.25) is 0 Å². The average Bonchev–Trinajstić information content (AvgIpc) is 2.79. The smallest absolute Gasteiger partial charge is 0.314 e. The third kappa shape index (κ3) is 5.62. The minimum atomic E-state index is -1.04. The summed E-state index contributed by atoms with van der Waals surface area (Å²) in [5.74, 6) is -0.195. The molecule has 20 heavy (non-hydrogen) atoms. The number of aliphatic hydroxyl groups is 1. The molecule has 1 aromatic heterocycles. The fourth-order valence-electron chi connectivity index (χ4n) is 1.36. The molecular weight excluding hydrogens is 282 g/mol. The van der Waals surface area contributed by atoms with Gasteiger partial charge in [-0.3, -0.25) is 14.9 Å². The Bertz CT molecular complexity index is 473. The summed E-state index contributed by atoms with van der Waals surface area (Å²) in [5, 5.41) is 18.2. The van der Waals surface area contributed by atoms with Crippen LogP contribution >= 0.6 is 11.8 Å². The summed E-state index contributed by atoms with van der Waals surface area (Å²) in [5.41, 5.74) is -1.04. The summed E-state index contributed by atoms with van der Waals surface area (Å²) in [7, 11) is 0. The Kier molecular flexibility index (Phi) is 6.03. The molecule has 1 heterocycles. The number of hydrogen-bond acceptors (Lipinski definition) is 6. The maximum Gasteiger partial charge on any atom is 0.314 e. The molecule has 2 amide bonds.